The normalized spacial score (nSPS) is 12.7. The first-order valence-corrected chi connectivity index (χ1v) is 8.36. The molecule has 1 aromatic rings. The van der Waals surface area contributed by atoms with Gasteiger partial charge in [0.2, 0.25) is 5.95 Å². The second-order valence-corrected chi connectivity index (χ2v) is 6.22. The van der Waals surface area contributed by atoms with Gasteiger partial charge in [-0.15, -0.1) is 0 Å². The zero-order valence-corrected chi connectivity index (χ0v) is 14.4. The molecule has 0 fully saturated rings. The Balaban J connectivity index is 2.64. The first kappa shape index (κ1) is 17.9. The van der Waals surface area contributed by atoms with Gasteiger partial charge in [0.25, 0.3) is 0 Å². The van der Waals surface area contributed by atoms with Crippen molar-refractivity contribution in [2.75, 3.05) is 18.0 Å². The maximum atomic E-state index is 4.57. The van der Waals surface area contributed by atoms with Crippen molar-refractivity contribution in [3.63, 3.8) is 0 Å². The number of nitrogens with zero attached hydrogens (tertiary/aromatic N) is 3. The fourth-order valence-corrected chi connectivity index (χ4v) is 2.16. The van der Waals surface area contributed by atoms with E-state index in [4.69, 9.17) is 0 Å². The predicted octanol–water partition coefficient (Wildman–Crippen LogP) is 3.63. The molecular weight excluding hydrogens is 260 g/mol. The molecule has 1 atom stereocenters. The maximum absolute atomic E-state index is 4.57. The van der Waals surface area contributed by atoms with Gasteiger partial charge < -0.3 is 10.2 Å². The molecule has 4 nitrogen and oxygen atoms in total. The van der Waals surface area contributed by atoms with Crippen LogP contribution in [0.3, 0.4) is 0 Å². The van der Waals surface area contributed by atoms with Gasteiger partial charge in [-0.3, -0.25) is 0 Å². The van der Waals surface area contributed by atoms with Crippen molar-refractivity contribution < 1.29 is 0 Å². The standard InChI is InChI=1S/C17H32N4/c1-6-8-9-21(15(5)7-2)17-19-12-16(13-20-17)11-18-10-14(3)4/h12-15,18H,6-11H2,1-5H3. The molecule has 0 saturated heterocycles. The van der Waals surface area contributed by atoms with Crippen molar-refractivity contribution in [1.29, 1.82) is 0 Å². The third-order valence-corrected chi connectivity index (χ3v) is 3.71. The largest absolute Gasteiger partial charge is 0.338 e. The Hall–Kier alpha value is -1.16. The lowest BCUT2D eigenvalue weighted by Crippen LogP contribution is -2.35. The fraction of sp³-hybridized carbons (Fsp3) is 0.765. The maximum Gasteiger partial charge on any atom is 0.225 e. The highest BCUT2D eigenvalue weighted by Crippen LogP contribution is 2.14. The van der Waals surface area contributed by atoms with Gasteiger partial charge >= 0.3 is 0 Å². The Morgan fingerprint density at radius 1 is 1.14 bits per heavy atom. The lowest BCUT2D eigenvalue weighted by molar-refractivity contribution is 0.550. The van der Waals surface area contributed by atoms with Gasteiger partial charge in [0.05, 0.1) is 0 Å². The van der Waals surface area contributed by atoms with Crippen molar-refractivity contribution in [2.45, 2.75) is 66.5 Å². The van der Waals surface area contributed by atoms with E-state index >= 15 is 0 Å². The van der Waals surface area contributed by atoms with Crippen LogP contribution in [0.25, 0.3) is 0 Å². The summed E-state index contributed by atoms with van der Waals surface area (Å²) in [5, 5.41) is 3.42. The van der Waals surface area contributed by atoms with Crippen LogP contribution in [0.2, 0.25) is 0 Å². The summed E-state index contributed by atoms with van der Waals surface area (Å²) in [6, 6.07) is 0.487. The first-order valence-electron chi connectivity index (χ1n) is 8.36. The van der Waals surface area contributed by atoms with E-state index in [1.165, 1.54) is 12.8 Å². The SMILES string of the molecule is CCCCN(c1ncc(CNCC(C)C)cn1)C(C)CC. The van der Waals surface area contributed by atoms with Gasteiger partial charge in [0.15, 0.2) is 0 Å². The highest BCUT2D eigenvalue weighted by Gasteiger charge is 2.14. The molecule has 4 heteroatoms. The van der Waals surface area contributed by atoms with Gasteiger partial charge in [0.1, 0.15) is 0 Å². The van der Waals surface area contributed by atoms with E-state index < -0.39 is 0 Å². The fourth-order valence-electron chi connectivity index (χ4n) is 2.16. The minimum atomic E-state index is 0.487. The van der Waals surface area contributed by atoms with Crippen molar-refractivity contribution in [1.82, 2.24) is 15.3 Å². The smallest absolute Gasteiger partial charge is 0.225 e. The van der Waals surface area contributed by atoms with Crippen LogP contribution in [0.5, 0.6) is 0 Å². The molecule has 0 aliphatic rings. The van der Waals surface area contributed by atoms with Crippen molar-refractivity contribution in [3.05, 3.63) is 18.0 Å². The van der Waals surface area contributed by atoms with Crippen LogP contribution in [0.4, 0.5) is 5.95 Å². The molecule has 0 aliphatic carbocycles. The van der Waals surface area contributed by atoms with Crippen LogP contribution in [-0.2, 0) is 6.54 Å². The molecule has 0 bridgehead atoms. The number of aromatic nitrogens is 2. The quantitative estimate of drug-likeness (QED) is 0.715. The lowest BCUT2D eigenvalue weighted by Gasteiger charge is -2.28. The van der Waals surface area contributed by atoms with E-state index in [2.05, 4.69) is 54.8 Å². The van der Waals surface area contributed by atoms with Crippen LogP contribution in [0.1, 0.15) is 59.4 Å². The molecule has 21 heavy (non-hydrogen) atoms. The van der Waals surface area contributed by atoms with Gasteiger partial charge in [0, 0.05) is 37.1 Å². The monoisotopic (exact) mass is 292 g/mol. The Kier molecular flexibility index (Phi) is 8.28. The van der Waals surface area contributed by atoms with Crippen LogP contribution in [-0.4, -0.2) is 29.1 Å². The number of hydrogen-bond donors (Lipinski definition) is 1. The molecule has 0 radical (unpaired) electrons. The van der Waals surface area contributed by atoms with E-state index in [9.17, 15) is 0 Å². The van der Waals surface area contributed by atoms with Gasteiger partial charge in [-0.25, -0.2) is 9.97 Å². The predicted molar refractivity (Wildman–Crippen MR) is 90.6 cm³/mol. The molecule has 120 valence electrons. The average Bonchev–Trinajstić information content (AvgIpc) is 2.48. The molecule has 0 aromatic carbocycles. The topological polar surface area (TPSA) is 41.1 Å². The van der Waals surface area contributed by atoms with E-state index in [0.29, 0.717) is 12.0 Å². The summed E-state index contributed by atoms with van der Waals surface area (Å²) in [5.41, 5.74) is 1.15. The third-order valence-electron chi connectivity index (χ3n) is 3.71. The van der Waals surface area contributed by atoms with E-state index in [1.54, 1.807) is 0 Å². The number of rotatable bonds is 10. The first-order chi connectivity index (χ1) is 10.1. The molecule has 1 N–H and O–H groups in total. The zero-order valence-electron chi connectivity index (χ0n) is 14.4. The molecule has 0 amide bonds. The Bertz CT molecular complexity index is 375. The summed E-state index contributed by atoms with van der Waals surface area (Å²) in [4.78, 5) is 11.5. The second kappa shape index (κ2) is 9.72. The van der Waals surface area contributed by atoms with Crippen LogP contribution in [0, 0.1) is 5.92 Å². The summed E-state index contributed by atoms with van der Waals surface area (Å²) < 4.78 is 0. The summed E-state index contributed by atoms with van der Waals surface area (Å²) in [6.07, 6.45) is 7.41. The highest BCUT2D eigenvalue weighted by atomic mass is 15.3. The average molecular weight is 292 g/mol. The van der Waals surface area contributed by atoms with Gasteiger partial charge in [-0.1, -0.05) is 34.1 Å². The van der Waals surface area contributed by atoms with E-state index in [1.807, 2.05) is 12.4 Å². The van der Waals surface area contributed by atoms with Crippen LogP contribution in [0.15, 0.2) is 12.4 Å². The summed E-state index contributed by atoms with van der Waals surface area (Å²) in [6.45, 7) is 14.0. The molecule has 1 unspecified atom stereocenters. The molecule has 0 aliphatic heterocycles. The van der Waals surface area contributed by atoms with Crippen molar-refractivity contribution in [3.8, 4) is 0 Å². The minimum Gasteiger partial charge on any atom is -0.338 e. The Morgan fingerprint density at radius 2 is 1.81 bits per heavy atom. The third kappa shape index (κ3) is 6.42. The van der Waals surface area contributed by atoms with Gasteiger partial charge in [-0.2, -0.15) is 0 Å². The number of hydrogen-bond acceptors (Lipinski definition) is 4. The van der Waals surface area contributed by atoms with E-state index in [-0.39, 0.29) is 0 Å². The Labute approximate surface area is 130 Å². The summed E-state index contributed by atoms with van der Waals surface area (Å²) in [7, 11) is 0. The molecule has 0 spiro atoms. The number of anilines is 1. The summed E-state index contributed by atoms with van der Waals surface area (Å²) >= 11 is 0. The van der Waals surface area contributed by atoms with E-state index in [0.717, 1.165) is 37.6 Å². The second-order valence-electron chi connectivity index (χ2n) is 6.22. The number of unbranched alkanes of at least 4 members (excludes halogenated alkanes) is 1. The lowest BCUT2D eigenvalue weighted by atomic mass is 10.2. The molecule has 1 heterocycles. The van der Waals surface area contributed by atoms with Crippen molar-refractivity contribution >= 4 is 5.95 Å². The molecular formula is C17H32N4. The number of nitrogens with one attached hydrogen (secondary N) is 1. The summed E-state index contributed by atoms with van der Waals surface area (Å²) in [5.74, 6) is 1.53. The minimum absolute atomic E-state index is 0.487. The van der Waals surface area contributed by atoms with Gasteiger partial charge in [-0.05, 0) is 32.2 Å². The Morgan fingerprint density at radius 3 is 2.33 bits per heavy atom. The molecule has 1 aromatic heterocycles. The molecule has 1 rings (SSSR count). The zero-order chi connectivity index (χ0) is 15.7. The highest BCUT2D eigenvalue weighted by molar-refractivity contribution is 5.31. The van der Waals surface area contributed by atoms with Crippen LogP contribution < -0.4 is 10.2 Å². The van der Waals surface area contributed by atoms with Crippen molar-refractivity contribution in [2.24, 2.45) is 5.92 Å². The molecule has 0 saturated carbocycles. The van der Waals surface area contributed by atoms with Crippen LogP contribution >= 0.6 is 0 Å².